The van der Waals surface area contributed by atoms with Gasteiger partial charge in [0.1, 0.15) is 13.6 Å². The molecule has 0 heterocycles. The van der Waals surface area contributed by atoms with Crippen molar-refractivity contribution >= 4 is 13.3 Å². The fourth-order valence-corrected chi connectivity index (χ4v) is 0.832. The van der Waals surface area contributed by atoms with Crippen LogP contribution in [0.4, 0.5) is 0 Å². The minimum atomic E-state index is 0.727. The van der Waals surface area contributed by atoms with E-state index in [1.165, 1.54) is 0 Å². The average Bonchev–Trinajstić information content (AvgIpc) is 1.95. The standard InChI is InChI=1S/C8H9BO/c1-6-4-3-5-7(10-2)8(6)9/h3-5H,1-2H3. The van der Waals surface area contributed by atoms with Crippen LogP contribution in [0.15, 0.2) is 18.2 Å². The molecule has 1 rings (SSSR count). The van der Waals surface area contributed by atoms with E-state index >= 15 is 0 Å². The molecule has 50 valence electrons. The molecule has 0 spiro atoms. The first kappa shape index (κ1) is 7.20. The quantitative estimate of drug-likeness (QED) is 0.513. The average molecular weight is 132 g/mol. The number of benzene rings is 1. The number of rotatable bonds is 1. The van der Waals surface area contributed by atoms with Crippen molar-refractivity contribution in [3.05, 3.63) is 23.8 Å². The lowest BCUT2D eigenvalue weighted by molar-refractivity contribution is 0.418. The summed E-state index contributed by atoms with van der Waals surface area (Å²) in [5.41, 5.74) is 1.78. The van der Waals surface area contributed by atoms with Crippen LogP contribution in [0.3, 0.4) is 0 Å². The zero-order chi connectivity index (χ0) is 7.56. The molecule has 0 fully saturated rings. The zero-order valence-electron chi connectivity index (χ0n) is 6.22. The van der Waals surface area contributed by atoms with Gasteiger partial charge in [0, 0.05) is 0 Å². The van der Waals surface area contributed by atoms with Crippen molar-refractivity contribution in [3.8, 4) is 5.75 Å². The lowest BCUT2D eigenvalue weighted by Crippen LogP contribution is -2.10. The Hall–Kier alpha value is -0.915. The fraction of sp³-hybridized carbons (Fsp3) is 0.250. The smallest absolute Gasteiger partial charge is 0.119 e. The Morgan fingerprint density at radius 2 is 2.10 bits per heavy atom. The van der Waals surface area contributed by atoms with Gasteiger partial charge in [0.25, 0.3) is 0 Å². The van der Waals surface area contributed by atoms with Crippen molar-refractivity contribution in [2.24, 2.45) is 0 Å². The molecule has 0 aliphatic carbocycles. The molecule has 0 saturated carbocycles. The Morgan fingerprint density at radius 1 is 1.40 bits per heavy atom. The Balaban J connectivity index is 3.14. The van der Waals surface area contributed by atoms with E-state index in [4.69, 9.17) is 12.6 Å². The van der Waals surface area contributed by atoms with Crippen molar-refractivity contribution in [2.75, 3.05) is 7.11 Å². The third kappa shape index (κ3) is 1.15. The summed E-state index contributed by atoms with van der Waals surface area (Å²) in [6, 6.07) is 5.73. The van der Waals surface area contributed by atoms with E-state index in [1.54, 1.807) is 7.11 Å². The maximum Gasteiger partial charge on any atom is 0.119 e. The highest BCUT2D eigenvalue weighted by Crippen LogP contribution is 2.06. The molecule has 2 radical (unpaired) electrons. The molecule has 0 amide bonds. The largest absolute Gasteiger partial charge is 0.497 e. The van der Waals surface area contributed by atoms with Gasteiger partial charge in [0.15, 0.2) is 0 Å². The molecule has 0 aromatic heterocycles. The Labute approximate surface area is 62.4 Å². The second-order valence-electron chi connectivity index (χ2n) is 2.19. The summed E-state index contributed by atoms with van der Waals surface area (Å²) in [4.78, 5) is 0. The van der Waals surface area contributed by atoms with Gasteiger partial charge in [-0.1, -0.05) is 23.2 Å². The topological polar surface area (TPSA) is 9.23 Å². The monoisotopic (exact) mass is 132 g/mol. The fourth-order valence-electron chi connectivity index (χ4n) is 0.832. The van der Waals surface area contributed by atoms with E-state index in [0.29, 0.717) is 0 Å². The summed E-state index contributed by atoms with van der Waals surface area (Å²) < 4.78 is 5.00. The van der Waals surface area contributed by atoms with Crippen LogP contribution in [-0.4, -0.2) is 15.0 Å². The van der Waals surface area contributed by atoms with E-state index in [2.05, 4.69) is 0 Å². The molecule has 0 bridgehead atoms. The Morgan fingerprint density at radius 3 is 2.60 bits per heavy atom. The van der Waals surface area contributed by atoms with Crippen LogP contribution in [0.2, 0.25) is 0 Å². The van der Waals surface area contributed by atoms with Crippen molar-refractivity contribution in [1.29, 1.82) is 0 Å². The molecule has 0 unspecified atom stereocenters. The number of hydrogen-bond acceptors (Lipinski definition) is 1. The summed E-state index contributed by atoms with van der Waals surface area (Å²) in [6.07, 6.45) is 0. The molecule has 1 aromatic carbocycles. The van der Waals surface area contributed by atoms with E-state index in [0.717, 1.165) is 16.8 Å². The second kappa shape index (κ2) is 2.78. The van der Waals surface area contributed by atoms with E-state index in [1.807, 2.05) is 25.1 Å². The van der Waals surface area contributed by atoms with Gasteiger partial charge in [-0.15, -0.1) is 0 Å². The van der Waals surface area contributed by atoms with Crippen LogP contribution in [0, 0.1) is 6.92 Å². The van der Waals surface area contributed by atoms with Crippen LogP contribution >= 0.6 is 0 Å². The third-order valence-corrected chi connectivity index (χ3v) is 1.50. The minimum Gasteiger partial charge on any atom is -0.497 e. The third-order valence-electron chi connectivity index (χ3n) is 1.50. The molecular formula is C8H9BO. The molecular weight excluding hydrogens is 123 g/mol. The predicted molar refractivity (Wildman–Crippen MR) is 43.1 cm³/mol. The van der Waals surface area contributed by atoms with Crippen molar-refractivity contribution in [3.63, 3.8) is 0 Å². The molecule has 10 heavy (non-hydrogen) atoms. The van der Waals surface area contributed by atoms with Crippen LogP contribution in [0.1, 0.15) is 5.56 Å². The van der Waals surface area contributed by atoms with Gasteiger partial charge in [0.2, 0.25) is 0 Å². The number of aryl methyl sites for hydroxylation is 1. The van der Waals surface area contributed by atoms with Crippen LogP contribution in [0.25, 0.3) is 0 Å². The van der Waals surface area contributed by atoms with Gasteiger partial charge >= 0.3 is 0 Å². The van der Waals surface area contributed by atoms with Crippen LogP contribution < -0.4 is 10.2 Å². The first-order valence-corrected chi connectivity index (χ1v) is 3.15. The van der Waals surface area contributed by atoms with Crippen LogP contribution in [0.5, 0.6) is 5.75 Å². The second-order valence-corrected chi connectivity index (χ2v) is 2.19. The van der Waals surface area contributed by atoms with Crippen molar-refractivity contribution < 1.29 is 4.74 Å². The minimum absolute atomic E-state index is 0.727. The summed E-state index contributed by atoms with van der Waals surface area (Å²) >= 11 is 0. The highest BCUT2D eigenvalue weighted by atomic mass is 16.5. The zero-order valence-corrected chi connectivity index (χ0v) is 6.22. The van der Waals surface area contributed by atoms with Gasteiger partial charge in [-0.2, -0.15) is 0 Å². The van der Waals surface area contributed by atoms with Crippen molar-refractivity contribution in [2.45, 2.75) is 6.92 Å². The van der Waals surface area contributed by atoms with Gasteiger partial charge < -0.3 is 4.74 Å². The molecule has 1 aromatic rings. The molecule has 0 aliphatic rings. The first-order chi connectivity index (χ1) is 4.75. The summed E-state index contributed by atoms with van der Waals surface area (Å²) in [7, 11) is 7.28. The predicted octanol–water partition coefficient (Wildman–Crippen LogP) is 0.797. The maximum absolute atomic E-state index is 5.67. The highest BCUT2D eigenvalue weighted by Gasteiger charge is 1.96. The Bertz CT molecular complexity index is 233. The molecule has 0 N–H and O–H groups in total. The van der Waals surface area contributed by atoms with E-state index < -0.39 is 0 Å². The lowest BCUT2D eigenvalue weighted by Gasteiger charge is -2.05. The maximum atomic E-state index is 5.67. The number of methoxy groups -OCH3 is 1. The molecule has 2 heteroatoms. The van der Waals surface area contributed by atoms with Crippen molar-refractivity contribution in [1.82, 2.24) is 0 Å². The number of ether oxygens (including phenoxy) is 1. The summed E-state index contributed by atoms with van der Waals surface area (Å²) in [5.74, 6) is 0.750. The lowest BCUT2D eigenvalue weighted by atomic mass is 9.90. The van der Waals surface area contributed by atoms with Gasteiger partial charge in [-0.3, -0.25) is 0 Å². The number of hydrogen-bond donors (Lipinski definition) is 0. The summed E-state index contributed by atoms with van der Waals surface area (Å²) in [5, 5.41) is 0. The molecule has 0 aliphatic heterocycles. The van der Waals surface area contributed by atoms with E-state index in [-0.39, 0.29) is 0 Å². The SMILES string of the molecule is [B]c1c(C)cccc1OC. The molecule has 0 saturated heterocycles. The molecule has 1 nitrogen and oxygen atoms in total. The first-order valence-electron chi connectivity index (χ1n) is 3.15. The van der Waals surface area contributed by atoms with Gasteiger partial charge in [-0.05, 0) is 13.0 Å². The summed E-state index contributed by atoms with van der Waals surface area (Å²) in [6.45, 7) is 1.96. The highest BCUT2D eigenvalue weighted by molar-refractivity contribution is 6.35. The Kier molecular flexibility index (Phi) is 2.00. The molecule has 0 atom stereocenters. The van der Waals surface area contributed by atoms with Gasteiger partial charge in [-0.25, -0.2) is 0 Å². The van der Waals surface area contributed by atoms with Gasteiger partial charge in [0.05, 0.1) is 7.11 Å². The van der Waals surface area contributed by atoms with E-state index in [9.17, 15) is 0 Å². The normalized spacial score (nSPS) is 9.40. The van der Waals surface area contributed by atoms with Crippen LogP contribution in [-0.2, 0) is 0 Å².